The maximum atomic E-state index is 12.8. The van der Waals surface area contributed by atoms with Crippen molar-refractivity contribution in [2.24, 2.45) is 5.14 Å². The summed E-state index contributed by atoms with van der Waals surface area (Å²) in [6, 6.07) is 10.1. The lowest BCUT2D eigenvalue weighted by molar-refractivity contribution is -0.384. The molecule has 0 radical (unpaired) electrons. The molecule has 0 bridgehead atoms. The third-order valence-electron chi connectivity index (χ3n) is 4.90. The first kappa shape index (κ1) is 25.2. The van der Waals surface area contributed by atoms with E-state index in [1.807, 2.05) is 12.1 Å². The molecule has 1 aliphatic heterocycles. The second-order valence-corrected chi connectivity index (χ2v) is 10.4. The van der Waals surface area contributed by atoms with E-state index in [1.54, 1.807) is 17.0 Å². The number of nitrogens with two attached hydrogens (primary N) is 1. The quantitative estimate of drug-likeness (QED) is 0.295. The molecular weight excluding hydrogens is 492 g/mol. The fourth-order valence-electron chi connectivity index (χ4n) is 3.21. The highest BCUT2D eigenvalue weighted by molar-refractivity contribution is 7.99. The Kier molecular flexibility index (Phi) is 8.54. The van der Waals surface area contributed by atoms with Crippen LogP contribution in [0.1, 0.15) is 6.42 Å². The number of morpholine rings is 1. The summed E-state index contributed by atoms with van der Waals surface area (Å²) in [7, 11) is -4.11. The summed E-state index contributed by atoms with van der Waals surface area (Å²) >= 11 is 7.40. The number of carbonyl (C=O) groups is 1. The zero-order valence-corrected chi connectivity index (χ0v) is 19.9. The van der Waals surface area contributed by atoms with E-state index in [1.165, 1.54) is 23.9 Å². The van der Waals surface area contributed by atoms with Crippen molar-refractivity contribution in [3.8, 4) is 0 Å². The van der Waals surface area contributed by atoms with Gasteiger partial charge < -0.3 is 15.0 Å². The number of hydrogen-bond acceptors (Lipinski definition) is 8. The van der Waals surface area contributed by atoms with Crippen LogP contribution in [0.15, 0.2) is 52.3 Å². The van der Waals surface area contributed by atoms with Crippen LogP contribution >= 0.6 is 23.4 Å². The molecule has 1 atom stereocenters. The van der Waals surface area contributed by atoms with E-state index in [0.717, 1.165) is 11.0 Å². The molecule has 1 heterocycles. The van der Waals surface area contributed by atoms with Crippen molar-refractivity contribution < 1.29 is 22.9 Å². The number of thioether (sulfide) groups is 1. The second kappa shape index (κ2) is 11.2. The van der Waals surface area contributed by atoms with Crippen LogP contribution in [0.25, 0.3) is 0 Å². The van der Waals surface area contributed by atoms with Gasteiger partial charge in [0.05, 0.1) is 23.0 Å². The first-order valence-electron chi connectivity index (χ1n) is 9.95. The van der Waals surface area contributed by atoms with Gasteiger partial charge in [0.1, 0.15) is 5.69 Å². The molecule has 13 heteroatoms. The molecule has 1 amide bonds. The van der Waals surface area contributed by atoms with Gasteiger partial charge in [-0.05, 0) is 36.4 Å². The number of hydrogen-bond donors (Lipinski definition) is 2. The fraction of sp³-hybridized carbons (Fsp3) is 0.350. The van der Waals surface area contributed by atoms with Gasteiger partial charge in [-0.1, -0.05) is 11.6 Å². The van der Waals surface area contributed by atoms with Crippen LogP contribution in [-0.2, 0) is 19.6 Å². The Morgan fingerprint density at radius 2 is 1.91 bits per heavy atom. The molecule has 3 N–H and O–H groups in total. The average Bonchev–Trinajstić information content (AvgIpc) is 2.78. The maximum absolute atomic E-state index is 12.8. The van der Waals surface area contributed by atoms with Crippen molar-refractivity contribution >= 4 is 50.7 Å². The molecule has 1 fully saturated rings. The van der Waals surface area contributed by atoms with Gasteiger partial charge in [-0.15, -0.1) is 11.8 Å². The summed E-state index contributed by atoms with van der Waals surface area (Å²) in [6.07, 6.45) is 0.0919. The van der Waals surface area contributed by atoms with Crippen molar-refractivity contribution in [2.45, 2.75) is 22.3 Å². The number of nitro groups is 1. The van der Waals surface area contributed by atoms with Gasteiger partial charge in [-0.25, -0.2) is 13.6 Å². The lowest BCUT2D eigenvalue weighted by Crippen LogP contribution is -2.43. The average molecular weight is 515 g/mol. The molecule has 0 unspecified atom stereocenters. The lowest BCUT2D eigenvalue weighted by Gasteiger charge is -2.29. The number of benzene rings is 2. The number of ether oxygens (including phenoxy) is 1. The number of rotatable bonds is 9. The highest BCUT2D eigenvalue weighted by Gasteiger charge is 2.25. The lowest BCUT2D eigenvalue weighted by atomic mass is 10.1. The van der Waals surface area contributed by atoms with Gasteiger partial charge in [0.15, 0.2) is 0 Å². The zero-order chi connectivity index (χ0) is 24.0. The summed E-state index contributed by atoms with van der Waals surface area (Å²) in [4.78, 5) is 26.0. The van der Waals surface area contributed by atoms with Gasteiger partial charge in [0, 0.05) is 47.3 Å². The number of anilines is 1. The van der Waals surface area contributed by atoms with Crippen LogP contribution in [0.5, 0.6) is 0 Å². The first-order valence-corrected chi connectivity index (χ1v) is 12.9. The highest BCUT2D eigenvalue weighted by Crippen LogP contribution is 2.30. The van der Waals surface area contributed by atoms with Gasteiger partial charge in [-0.2, -0.15) is 0 Å². The van der Waals surface area contributed by atoms with Crippen LogP contribution in [0, 0.1) is 10.1 Å². The standard InChI is InChI=1S/C20H23ClN4O6S2/c21-14-1-3-16(4-2-14)32-13-15(11-20(26)24-7-9-31-10-8-24)23-18-6-5-17(33(22,29)30)12-19(18)25(27)28/h1-6,12,15,23H,7-11,13H2,(H2,22,29,30)/t15-/m1/s1. The number of nitro benzene ring substituents is 1. The smallest absolute Gasteiger partial charge is 0.293 e. The molecule has 0 aromatic heterocycles. The van der Waals surface area contributed by atoms with Crippen molar-refractivity contribution in [3.63, 3.8) is 0 Å². The van der Waals surface area contributed by atoms with Crippen molar-refractivity contribution in [1.82, 2.24) is 4.90 Å². The van der Waals surface area contributed by atoms with E-state index < -0.39 is 26.7 Å². The number of nitrogens with zero attached hydrogens (tertiary/aromatic N) is 2. The van der Waals surface area contributed by atoms with E-state index >= 15 is 0 Å². The summed E-state index contributed by atoms with van der Waals surface area (Å²) in [6.45, 7) is 1.89. The topological polar surface area (TPSA) is 145 Å². The van der Waals surface area contributed by atoms with Crippen molar-refractivity contribution in [3.05, 3.63) is 57.6 Å². The number of amides is 1. The Hall–Kier alpha value is -2.38. The molecule has 1 aliphatic rings. The van der Waals surface area contributed by atoms with E-state index in [9.17, 15) is 23.3 Å². The SMILES string of the molecule is NS(=O)(=O)c1ccc(N[C@@H](CSc2ccc(Cl)cc2)CC(=O)N2CCOCC2)c([N+](=O)[O-])c1. The van der Waals surface area contributed by atoms with Gasteiger partial charge in [0.2, 0.25) is 15.9 Å². The summed E-state index contributed by atoms with van der Waals surface area (Å²) in [5.74, 6) is 0.322. The third-order valence-corrected chi connectivity index (χ3v) is 7.24. The largest absolute Gasteiger partial charge is 0.378 e. The fourth-order valence-corrected chi connectivity index (χ4v) is 4.80. The van der Waals surface area contributed by atoms with Crippen LogP contribution in [0.2, 0.25) is 5.02 Å². The van der Waals surface area contributed by atoms with Gasteiger partial charge in [0.25, 0.3) is 5.69 Å². The van der Waals surface area contributed by atoms with E-state index in [-0.39, 0.29) is 22.9 Å². The molecule has 2 aromatic rings. The molecule has 2 aromatic carbocycles. The molecule has 33 heavy (non-hydrogen) atoms. The minimum Gasteiger partial charge on any atom is -0.378 e. The Bertz CT molecular complexity index is 1110. The zero-order valence-electron chi connectivity index (χ0n) is 17.5. The summed E-state index contributed by atoms with van der Waals surface area (Å²) in [5, 5.41) is 20.3. The molecular formula is C20H23ClN4O6S2. The second-order valence-electron chi connectivity index (χ2n) is 7.28. The number of sulfonamides is 1. The van der Waals surface area contributed by atoms with E-state index in [2.05, 4.69) is 5.32 Å². The summed E-state index contributed by atoms with van der Waals surface area (Å²) < 4.78 is 28.5. The van der Waals surface area contributed by atoms with Crippen LogP contribution in [-0.4, -0.2) is 62.2 Å². The van der Waals surface area contributed by atoms with Crippen molar-refractivity contribution in [2.75, 3.05) is 37.4 Å². The Labute approximate surface area is 200 Å². The first-order chi connectivity index (χ1) is 15.6. The Balaban J connectivity index is 1.82. The van der Waals surface area contributed by atoms with E-state index in [4.69, 9.17) is 21.5 Å². The van der Waals surface area contributed by atoms with Gasteiger partial charge >= 0.3 is 0 Å². The van der Waals surface area contributed by atoms with E-state index in [0.29, 0.717) is 37.1 Å². The monoisotopic (exact) mass is 514 g/mol. The highest BCUT2D eigenvalue weighted by atomic mass is 35.5. The Morgan fingerprint density at radius 1 is 1.24 bits per heavy atom. The molecule has 0 saturated carbocycles. The molecule has 0 aliphatic carbocycles. The number of halogens is 1. The number of carbonyl (C=O) groups excluding carboxylic acids is 1. The van der Waals surface area contributed by atoms with Gasteiger partial charge in [-0.3, -0.25) is 14.9 Å². The molecule has 3 rings (SSSR count). The van der Waals surface area contributed by atoms with Crippen molar-refractivity contribution in [1.29, 1.82) is 0 Å². The maximum Gasteiger partial charge on any atom is 0.293 e. The van der Waals surface area contributed by atoms with Crippen LogP contribution in [0.3, 0.4) is 0 Å². The minimum absolute atomic E-state index is 0.0919. The Morgan fingerprint density at radius 3 is 2.52 bits per heavy atom. The minimum atomic E-state index is -4.11. The summed E-state index contributed by atoms with van der Waals surface area (Å²) in [5.41, 5.74) is -0.342. The predicted octanol–water partition coefficient (Wildman–Crippen LogP) is 2.72. The number of primary sulfonamides is 1. The molecule has 1 saturated heterocycles. The molecule has 10 nitrogen and oxygen atoms in total. The predicted molar refractivity (Wildman–Crippen MR) is 126 cm³/mol. The third kappa shape index (κ3) is 7.30. The number of nitrogens with one attached hydrogen (secondary N) is 1. The molecule has 0 spiro atoms. The normalized spacial score (nSPS) is 15.2. The molecule has 178 valence electrons. The van der Waals surface area contributed by atoms with Crippen LogP contribution in [0.4, 0.5) is 11.4 Å². The van der Waals surface area contributed by atoms with Crippen LogP contribution < -0.4 is 10.5 Å².